The number of hydrogen-bond donors (Lipinski definition) is 1. The van der Waals surface area contributed by atoms with Gasteiger partial charge in [-0.25, -0.2) is 0 Å². The molecule has 0 saturated carbocycles. The SMILES string of the molecule is CCCCNC(=O)C(Cc1ccccc1)N(Cc1ccc(C)cc1)C(=O)CSc1ccc(C)cc1. The predicted octanol–water partition coefficient (Wildman–Crippen LogP) is 5.95. The number of unbranched alkanes of at least 4 members (excludes halogenated alkanes) is 1. The summed E-state index contributed by atoms with van der Waals surface area (Å²) in [6, 6.07) is 25.7. The lowest BCUT2D eigenvalue weighted by atomic mass is 10.0. The molecule has 35 heavy (non-hydrogen) atoms. The normalized spacial score (nSPS) is 11.6. The lowest BCUT2D eigenvalue weighted by molar-refractivity contribution is -0.139. The highest BCUT2D eigenvalue weighted by Gasteiger charge is 2.30. The summed E-state index contributed by atoms with van der Waals surface area (Å²) < 4.78 is 0. The third kappa shape index (κ3) is 8.59. The molecule has 3 aromatic rings. The Labute approximate surface area is 214 Å². The minimum atomic E-state index is -0.582. The average molecular weight is 489 g/mol. The third-order valence-corrected chi connectivity index (χ3v) is 6.95. The summed E-state index contributed by atoms with van der Waals surface area (Å²) >= 11 is 1.51. The molecule has 1 unspecified atom stereocenters. The van der Waals surface area contributed by atoms with Gasteiger partial charge in [0.25, 0.3) is 0 Å². The Morgan fingerprint density at radius 3 is 2.11 bits per heavy atom. The number of amides is 2. The van der Waals surface area contributed by atoms with Crippen LogP contribution in [0.25, 0.3) is 0 Å². The lowest BCUT2D eigenvalue weighted by Gasteiger charge is -2.31. The van der Waals surface area contributed by atoms with Crippen LogP contribution in [-0.2, 0) is 22.6 Å². The lowest BCUT2D eigenvalue weighted by Crippen LogP contribution is -2.51. The van der Waals surface area contributed by atoms with Crippen molar-refractivity contribution in [1.29, 1.82) is 0 Å². The molecule has 0 saturated heterocycles. The van der Waals surface area contributed by atoms with Crippen LogP contribution in [0.4, 0.5) is 0 Å². The zero-order valence-corrected chi connectivity index (χ0v) is 21.8. The summed E-state index contributed by atoms with van der Waals surface area (Å²) in [5.74, 6) is 0.147. The topological polar surface area (TPSA) is 49.4 Å². The van der Waals surface area contributed by atoms with E-state index in [0.29, 0.717) is 19.5 Å². The van der Waals surface area contributed by atoms with E-state index >= 15 is 0 Å². The first kappa shape index (κ1) is 26.6. The largest absolute Gasteiger partial charge is 0.354 e. The monoisotopic (exact) mass is 488 g/mol. The van der Waals surface area contributed by atoms with Crippen molar-refractivity contribution in [2.75, 3.05) is 12.3 Å². The Bertz CT molecular complexity index is 1070. The zero-order valence-electron chi connectivity index (χ0n) is 21.0. The number of nitrogens with zero attached hydrogens (tertiary/aromatic N) is 1. The Morgan fingerprint density at radius 2 is 1.49 bits per heavy atom. The first-order chi connectivity index (χ1) is 17.0. The van der Waals surface area contributed by atoms with Crippen molar-refractivity contribution in [3.8, 4) is 0 Å². The molecule has 1 atom stereocenters. The number of nitrogens with one attached hydrogen (secondary N) is 1. The first-order valence-corrected chi connectivity index (χ1v) is 13.3. The molecule has 3 rings (SSSR count). The van der Waals surface area contributed by atoms with Gasteiger partial charge in [-0.2, -0.15) is 0 Å². The maximum atomic E-state index is 13.6. The van der Waals surface area contributed by atoms with Gasteiger partial charge in [-0.15, -0.1) is 11.8 Å². The second-order valence-corrected chi connectivity index (χ2v) is 10.0. The molecular formula is C30H36N2O2S. The number of rotatable bonds is 12. The van der Waals surface area contributed by atoms with Crippen molar-refractivity contribution in [1.82, 2.24) is 10.2 Å². The maximum absolute atomic E-state index is 13.6. The molecule has 184 valence electrons. The Balaban J connectivity index is 1.86. The summed E-state index contributed by atoms with van der Waals surface area (Å²) in [6.07, 6.45) is 2.40. The van der Waals surface area contributed by atoms with Gasteiger partial charge in [0.05, 0.1) is 5.75 Å². The Morgan fingerprint density at radius 1 is 0.857 bits per heavy atom. The van der Waals surface area contributed by atoms with Crippen molar-refractivity contribution in [3.63, 3.8) is 0 Å². The molecule has 0 radical (unpaired) electrons. The Hall–Kier alpha value is -3.05. The molecule has 1 N–H and O–H groups in total. The standard InChI is InChI=1S/C30H36N2O2S/c1-4-5-19-31-30(34)28(20-25-9-7-6-8-10-25)32(21-26-15-11-23(2)12-16-26)29(33)22-35-27-17-13-24(3)14-18-27/h6-18,28H,4-5,19-22H2,1-3H3,(H,31,34). The average Bonchev–Trinajstić information content (AvgIpc) is 2.87. The number of carbonyl (C=O) groups excluding carboxylic acids is 2. The van der Waals surface area contributed by atoms with Crippen LogP contribution < -0.4 is 5.32 Å². The second kappa shape index (κ2) is 13.7. The molecule has 0 bridgehead atoms. The van der Waals surface area contributed by atoms with E-state index < -0.39 is 6.04 Å². The fourth-order valence-electron chi connectivity index (χ4n) is 3.81. The fourth-order valence-corrected chi connectivity index (χ4v) is 4.60. The van der Waals surface area contributed by atoms with Crippen LogP contribution in [0.5, 0.6) is 0 Å². The molecule has 4 nitrogen and oxygen atoms in total. The van der Waals surface area contributed by atoms with E-state index in [9.17, 15) is 9.59 Å². The summed E-state index contributed by atoms with van der Waals surface area (Å²) in [7, 11) is 0. The van der Waals surface area contributed by atoms with Crippen LogP contribution in [0, 0.1) is 13.8 Å². The molecule has 0 aromatic heterocycles. The quantitative estimate of drug-likeness (QED) is 0.253. The van der Waals surface area contributed by atoms with Gasteiger partial charge in [-0.1, -0.05) is 91.2 Å². The molecule has 0 aliphatic heterocycles. The van der Waals surface area contributed by atoms with Crippen LogP contribution in [0.15, 0.2) is 83.8 Å². The van der Waals surface area contributed by atoms with Crippen LogP contribution in [0.1, 0.15) is 42.0 Å². The van der Waals surface area contributed by atoms with Gasteiger partial charge >= 0.3 is 0 Å². The van der Waals surface area contributed by atoms with Crippen molar-refractivity contribution >= 4 is 23.6 Å². The molecule has 2 amide bonds. The van der Waals surface area contributed by atoms with E-state index in [1.54, 1.807) is 4.90 Å². The molecule has 0 spiro atoms. The van der Waals surface area contributed by atoms with Gasteiger partial charge in [0.2, 0.25) is 11.8 Å². The maximum Gasteiger partial charge on any atom is 0.243 e. The predicted molar refractivity (Wildman–Crippen MR) is 145 cm³/mol. The van der Waals surface area contributed by atoms with E-state index in [4.69, 9.17) is 0 Å². The van der Waals surface area contributed by atoms with E-state index in [-0.39, 0.29) is 17.6 Å². The molecule has 0 aliphatic carbocycles. The number of carbonyl (C=O) groups is 2. The summed E-state index contributed by atoms with van der Waals surface area (Å²) in [5, 5.41) is 3.07. The molecule has 0 heterocycles. The number of hydrogen-bond acceptors (Lipinski definition) is 3. The second-order valence-electron chi connectivity index (χ2n) is 8.96. The molecule has 0 fully saturated rings. The minimum absolute atomic E-state index is 0.0391. The number of thioether (sulfide) groups is 1. The minimum Gasteiger partial charge on any atom is -0.354 e. The molecule has 3 aromatic carbocycles. The highest BCUT2D eigenvalue weighted by atomic mass is 32.2. The summed E-state index contributed by atoms with van der Waals surface area (Å²) in [4.78, 5) is 29.9. The van der Waals surface area contributed by atoms with Crippen LogP contribution in [0.3, 0.4) is 0 Å². The van der Waals surface area contributed by atoms with Crippen LogP contribution in [-0.4, -0.2) is 35.1 Å². The van der Waals surface area contributed by atoms with E-state index in [0.717, 1.165) is 28.9 Å². The zero-order chi connectivity index (χ0) is 25.0. The molecule has 5 heteroatoms. The Kier molecular flexibility index (Phi) is 10.4. The third-order valence-electron chi connectivity index (χ3n) is 5.96. The van der Waals surface area contributed by atoms with Gasteiger partial charge in [0, 0.05) is 24.4 Å². The van der Waals surface area contributed by atoms with Gasteiger partial charge in [0.15, 0.2) is 0 Å². The molecular weight excluding hydrogens is 452 g/mol. The molecule has 0 aliphatic rings. The van der Waals surface area contributed by atoms with E-state index in [1.165, 1.54) is 22.9 Å². The summed E-state index contributed by atoms with van der Waals surface area (Å²) in [6.45, 7) is 7.21. The van der Waals surface area contributed by atoms with E-state index in [1.807, 2.05) is 80.6 Å². The van der Waals surface area contributed by atoms with Crippen LogP contribution >= 0.6 is 11.8 Å². The summed E-state index contributed by atoms with van der Waals surface area (Å²) in [5.41, 5.74) is 4.41. The van der Waals surface area contributed by atoms with E-state index in [2.05, 4.69) is 24.4 Å². The number of benzene rings is 3. The fraction of sp³-hybridized carbons (Fsp3) is 0.333. The first-order valence-electron chi connectivity index (χ1n) is 12.3. The smallest absolute Gasteiger partial charge is 0.243 e. The van der Waals surface area contributed by atoms with Gasteiger partial charge in [0.1, 0.15) is 6.04 Å². The van der Waals surface area contributed by atoms with Crippen LogP contribution in [0.2, 0.25) is 0 Å². The van der Waals surface area contributed by atoms with Gasteiger partial charge < -0.3 is 10.2 Å². The van der Waals surface area contributed by atoms with Crippen molar-refractivity contribution < 1.29 is 9.59 Å². The van der Waals surface area contributed by atoms with Crippen molar-refractivity contribution in [3.05, 3.63) is 101 Å². The highest BCUT2D eigenvalue weighted by Crippen LogP contribution is 2.21. The number of aryl methyl sites for hydroxylation is 2. The highest BCUT2D eigenvalue weighted by molar-refractivity contribution is 8.00. The van der Waals surface area contributed by atoms with Gasteiger partial charge in [-0.3, -0.25) is 9.59 Å². The van der Waals surface area contributed by atoms with Crippen molar-refractivity contribution in [2.45, 2.75) is 57.5 Å². The van der Waals surface area contributed by atoms with Crippen molar-refractivity contribution in [2.24, 2.45) is 0 Å². The van der Waals surface area contributed by atoms with Gasteiger partial charge in [-0.05, 0) is 43.5 Å².